The van der Waals surface area contributed by atoms with Crippen molar-refractivity contribution in [3.8, 4) is 0 Å². The first kappa shape index (κ1) is 12.3. The van der Waals surface area contributed by atoms with Crippen LogP contribution in [0.2, 0.25) is 0 Å². The topological polar surface area (TPSA) is 4.93 Å². The molecule has 0 atom stereocenters. The summed E-state index contributed by atoms with van der Waals surface area (Å²) < 4.78 is 2.16. The highest BCUT2D eigenvalue weighted by atomic mass is 14.9. The first-order valence-electron chi connectivity index (χ1n) is 5.44. The zero-order chi connectivity index (χ0) is 12.1. The summed E-state index contributed by atoms with van der Waals surface area (Å²) in [7, 11) is 2.06. The smallest absolute Gasteiger partial charge is 0.0485 e. The molecule has 0 bridgehead atoms. The van der Waals surface area contributed by atoms with Crippen LogP contribution in [0.15, 0.2) is 25.3 Å². The molecule has 0 aliphatic rings. The quantitative estimate of drug-likeness (QED) is 0.676. The molecule has 84 valence electrons. The number of hydrogen-bond donors (Lipinski definition) is 0. The van der Waals surface area contributed by atoms with Gasteiger partial charge in [-0.3, -0.25) is 0 Å². The molecule has 16 heavy (non-hydrogen) atoms. The van der Waals surface area contributed by atoms with Crippen LogP contribution in [-0.4, -0.2) is 4.57 Å². The van der Waals surface area contributed by atoms with Gasteiger partial charge in [-0.2, -0.15) is 0 Å². The molecule has 0 aliphatic carbocycles. The molecule has 0 saturated heterocycles. The molecule has 1 heterocycles. The number of hydrogen-bond acceptors (Lipinski definition) is 0. The van der Waals surface area contributed by atoms with Crippen LogP contribution in [0.4, 0.5) is 0 Å². The Morgan fingerprint density at radius 2 is 1.25 bits per heavy atom. The largest absolute Gasteiger partial charge is 0.344 e. The number of allylic oxidation sites excluding steroid dienone is 2. The third-order valence-corrected chi connectivity index (χ3v) is 2.69. The Morgan fingerprint density at radius 3 is 1.50 bits per heavy atom. The fourth-order valence-corrected chi connectivity index (χ4v) is 2.00. The van der Waals surface area contributed by atoms with E-state index in [1.165, 1.54) is 21.1 Å². The molecule has 0 radical (unpaired) electrons. The zero-order valence-corrected chi connectivity index (χ0v) is 10.3. The molecule has 0 aliphatic heterocycles. The average molecular weight is 213 g/mol. The van der Waals surface area contributed by atoms with Crippen LogP contribution in [0, 0.1) is 0 Å². The van der Waals surface area contributed by atoms with Gasteiger partial charge >= 0.3 is 0 Å². The van der Waals surface area contributed by atoms with E-state index >= 15 is 0 Å². The van der Waals surface area contributed by atoms with Crippen molar-refractivity contribution in [2.45, 2.75) is 13.8 Å². The third-order valence-electron chi connectivity index (χ3n) is 2.69. The molecule has 1 aromatic rings. The standard InChI is InChI=1S/C15H19N/c1-6-10-14-12(8-3)13(9-4)15(11-7-2)16(14)5/h6-11H,1-2H2,3-5H3/b12-8-,13-9?,14-10+,15-11+. The molecule has 1 heteroatoms. The lowest BCUT2D eigenvalue weighted by atomic mass is 10.3. The molecule has 0 saturated carbocycles. The predicted octanol–water partition coefficient (Wildman–Crippen LogP) is 0.559. The van der Waals surface area contributed by atoms with Crippen LogP contribution in [0.5, 0.6) is 0 Å². The zero-order valence-electron chi connectivity index (χ0n) is 10.3. The number of rotatable bonds is 2. The first-order valence-corrected chi connectivity index (χ1v) is 5.44. The fraction of sp³-hybridized carbons (Fsp3) is 0.200. The number of aromatic nitrogens is 1. The summed E-state index contributed by atoms with van der Waals surface area (Å²) in [6, 6.07) is 0. The Hall–Kier alpha value is -1.76. The highest BCUT2D eigenvalue weighted by Gasteiger charge is 1.97. The van der Waals surface area contributed by atoms with Crippen molar-refractivity contribution in [3.63, 3.8) is 0 Å². The van der Waals surface area contributed by atoms with E-state index in [0.29, 0.717) is 0 Å². The van der Waals surface area contributed by atoms with Crippen LogP contribution in [-0.2, 0) is 7.05 Å². The molecule has 0 aromatic carbocycles. The summed E-state index contributed by atoms with van der Waals surface area (Å²) in [5, 5.41) is 4.86. The van der Waals surface area contributed by atoms with E-state index in [0.717, 1.165) is 0 Å². The van der Waals surface area contributed by atoms with E-state index in [4.69, 9.17) is 0 Å². The van der Waals surface area contributed by atoms with Gasteiger partial charge in [-0.1, -0.05) is 37.5 Å². The van der Waals surface area contributed by atoms with Crippen molar-refractivity contribution in [2.75, 3.05) is 0 Å². The summed E-state index contributed by atoms with van der Waals surface area (Å²) in [6.07, 6.45) is 12.0. The Balaban J connectivity index is 4.14. The van der Waals surface area contributed by atoms with Gasteiger partial charge in [0, 0.05) is 28.2 Å². The van der Waals surface area contributed by atoms with E-state index in [-0.39, 0.29) is 0 Å². The maximum atomic E-state index is 3.76. The Bertz CT molecular complexity index is 569. The van der Waals surface area contributed by atoms with Crippen molar-refractivity contribution < 1.29 is 0 Å². The van der Waals surface area contributed by atoms with Crippen molar-refractivity contribution in [2.24, 2.45) is 7.05 Å². The normalized spacial score (nSPS) is 15.9. The third kappa shape index (κ3) is 1.94. The van der Waals surface area contributed by atoms with Crippen molar-refractivity contribution in [1.29, 1.82) is 0 Å². The first-order chi connectivity index (χ1) is 7.71. The van der Waals surface area contributed by atoms with Crippen LogP contribution in [0.1, 0.15) is 13.8 Å². The lowest BCUT2D eigenvalue weighted by molar-refractivity contribution is 0.855. The minimum atomic E-state index is 1.18. The molecular weight excluding hydrogens is 194 g/mol. The Morgan fingerprint density at radius 1 is 0.875 bits per heavy atom. The van der Waals surface area contributed by atoms with Gasteiger partial charge in [-0.15, -0.1) is 0 Å². The van der Waals surface area contributed by atoms with Crippen LogP contribution >= 0.6 is 0 Å². The summed E-state index contributed by atoms with van der Waals surface area (Å²) in [6.45, 7) is 11.6. The Kier molecular flexibility index (Phi) is 4.12. The van der Waals surface area contributed by atoms with Crippen LogP contribution in [0.25, 0.3) is 24.3 Å². The highest BCUT2D eigenvalue weighted by Crippen LogP contribution is 1.68. The fourth-order valence-electron chi connectivity index (χ4n) is 2.00. The van der Waals surface area contributed by atoms with E-state index in [9.17, 15) is 0 Å². The molecule has 1 aromatic heterocycles. The number of nitrogens with zero attached hydrogens (tertiary/aromatic N) is 1. The van der Waals surface area contributed by atoms with Gasteiger partial charge in [0.05, 0.1) is 0 Å². The summed E-state index contributed by atoms with van der Waals surface area (Å²) in [4.78, 5) is 0. The minimum Gasteiger partial charge on any atom is -0.344 e. The molecule has 0 unspecified atom stereocenters. The summed E-state index contributed by atoms with van der Waals surface area (Å²) >= 11 is 0. The minimum absolute atomic E-state index is 1.18. The monoisotopic (exact) mass is 213 g/mol. The lowest BCUT2D eigenvalue weighted by Crippen LogP contribution is -2.36. The maximum Gasteiger partial charge on any atom is 0.0485 e. The molecular formula is C15H19N. The highest BCUT2D eigenvalue weighted by molar-refractivity contribution is 5.43. The molecule has 0 fully saturated rings. The van der Waals surface area contributed by atoms with Gasteiger partial charge < -0.3 is 4.57 Å². The van der Waals surface area contributed by atoms with E-state index in [1.54, 1.807) is 0 Å². The van der Waals surface area contributed by atoms with Crippen molar-refractivity contribution in [1.82, 2.24) is 4.57 Å². The Labute approximate surface area is 96.7 Å². The summed E-state index contributed by atoms with van der Waals surface area (Å²) in [5.41, 5.74) is 0. The van der Waals surface area contributed by atoms with Gasteiger partial charge in [0.25, 0.3) is 0 Å². The second-order valence-corrected chi connectivity index (χ2v) is 3.54. The second kappa shape index (κ2) is 5.36. The van der Waals surface area contributed by atoms with Gasteiger partial charge in [-0.25, -0.2) is 0 Å². The molecule has 0 N–H and O–H groups in total. The molecule has 1 nitrogen and oxygen atoms in total. The SMILES string of the molecule is C=C/C=c1\c(=CC)c(=C/C)/c(=C\C=C)n1C. The van der Waals surface area contributed by atoms with E-state index in [2.05, 4.69) is 50.8 Å². The molecule has 1 rings (SSSR count). The van der Waals surface area contributed by atoms with Gasteiger partial charge in [0.1, 0.15) is 0 Å². The average Bonchev–Trinajstić information content (AvgIpc) is 2.54. The van der Waals surface area contributed by atoms with E-state index < -0.39 is 0 Å². The summed E-state index contributed by atoms with van der Waals surface area (Å²) in [5.74, 6) is 0. The lowest BCUT2D eigenvalue weighted by Gasteiger charge is -1.91. The van der Waals surface area contributed by atoms with Crippen LogP contribution in [0.3, 0.4) is 0 Å². The maximum absolute atomic E-state index is 3.76. The predicted molar refractivity (Wildman–Crippen MR) is 73.5 cm³/mol. The van der Waals surface area contributed by atoms with Crippen molar-refractivity contribution in [3.05, 3.63) is 46.4 Å². The van der Waals surface area contributed by atoms with Gasteiger partial charge in [0.2, 0.25) is 0 Å². The second-order valence-electron chi connectivity index (χ2n) is 3.54. The molecule has 0 spiro atoms. The van der Waals surface area contributed by atoms with Gasteiger partial charge in [0.15, 0.2) is 0 Å². The van der Waals surface area contributed by atoms with Crippen LogP contribution < -0.4 is 21.1 Å². The van der Waals surface area contributed by atoms with Crippen molar-refractivity contribution >= 4 is 24.3 Å². The van der Waals surface area contributed by atoms with E-state index in [1.807, 2.05) is 24.3 Å². The van der Waals surface area contributed by atoms with Gasteiger partial charge in [-0.05, 0) is 26.0 Å². The molecule has 0 amide bonds.